The van der Waals surface area contributed by atoms with E-state index in [0.717, 1.165) is 10.2 Å². The first-order valence-corrected chi connectivity index (χ1v) is 6.47. The van der Waals surface area contributed by atoms with Crippen LogP contribution in [0.3, 0.4) is 0 Å². The number of hydrogen-bond donors (Lipinski definition) is 1. The van der Waals surface area contributed by atoms with Gasteiger partial charge in [-0.1, -0.05) is 0 Å². The first-order chi connectivity index (χ1) is 8.63. The van der Waals surface area contributed by atoms with Gasteiger partial charge in [-0.3, -0.25) is 4.79 Å². The van der Waals surface area contributed by atoms with E-state index in [1.54, 1.807) is 17.6 Å². The Balaban J connectivity index is 2.37. The lowest BCUT2D eigenvalue weighted by Gasteiger charge is -2.07. The number of carbonyl (C=O) groups is 2. The minimum absolute atomic E-state index is 0.0218. The van der Waals surface area contributed by atoms with E-state index in [0.29, 0.717) is 12.3 Å². The number of ether oxygens (including phenoxy) is 1. The molecule has 0 aliphatic heterocycles. The van der Waals surface area contributed by atoms with E-state index in [9.17, 15) is 9.59 Å². The molecule has 2 heterocycles. The fraction of sp³-hybridized carbons (Fsp3) is 0.333. The summed E-state index contributed by atoms with van der Waals surface area (Å²) >= 11 is 1.52. The second-order valence-electron chi connectivity index (χ2n) is 3.72. The molecule has 0 amide bonds. The molecule has 18 heavy (non-hydrogen) atoms. The van der Waals surface area contributed by atoms with Gasteiger partial charge in [0.1, 0.15) is 5.69 Å². The fourth-order valence-corrected chi connectivity index (χ4v) is 2.62. The molecule has 2 aromatic heterocycles. The summed E-state index contributed by atoms with van der Waals surface area (Å²) in [4.78, 5) is 22.4. The number of carbonyl (C=O) groups excluding carboxylic acids is 1. The van der Waals surface area contributed by atoms with Gasteiger partial charge in [-0.05, 0) is 24.4 Å². The van der Waals surface area contributed by atoms with Crippen LogP contribution in [-0.2, 0) is 16.1 Å². The van der Waals surface area contributed by atoms with Gasteiger partial charge in [0.05, 0.1) is 23.2 Å². The van der Waals surface area contributed by atoms with Gasteiger partial charge in [-0.15, -0.1) is 11.3 Å². The lowest BCUT2D eigenvalue weighted by molar-refractivity contribution is -0.137. The number of hydrogen-bond acceptors (Lipinski definition) is 4. The number of aliphatic carboxylic acids is 1. The highest BCUT2D eigenvalue weighted by molar-refractivity contribution is 7.17. The monoisotopic (exact) mass is 267 g/mol. The zero-order valence-electron chi connectivity index (χ0n) is 9.88. The van der Waals surface area contributed by atoms with Crippen LogP contribution in [0.15, 0.2) is 17.5 Å². The van der Waals surface area contributed by atoms with Crippen LogP contribution in [0, 0.1) is 0 Å². The topological polar surface area (TPSA) is 68.5 Å². The summed E-state index contributed by atoms with van der Waals surface area (Å²) in [7, 11) is 0. The van der Waals surface area contributed by atoms with Crippen LogP contribution in [0.5, 0.6) is 0 Å². The summed E-state index contributed by atoms with van der Waals surface area (Å²) in [6.07, 6.45) is -0.0218. The first kappa shape index (κ1) is 12.6. The van der Waals surface area contributed by atoms with Crippen LogP contribution < -0.4 is 0 Å². The van der Waals surface area contributed by atoms with Crippen molar-refractivity contribution in [3.63, 3.8) is 0 Å². The van der Waals surface area contributed by atoms with Crippen LogP contribution in [0.25, 0.3) is 10.2 Å². The number of aromatic nitrogens is 1. The van der Waals surface area contributed by atoms with Gasteiger partial charge in [0.25, 0.3) is 0 Å². The molecule has 6 heteroatoms. The number of esters is 1. The average molecular weight is 267 g/mol. The second kappa shape index (κ2) is 5.22. The molecular formula is C12H13NO4S. The van der Waals surface area contributed by atoms with Gasteiger partial charge in [-0.2, -0.15) is 0 Å². The molecule has 0 bridgehead atoms. The fourth-order valence-electron chi connectivity index (χ4n) is 1.80. The number of carboxylic acids is 1. The van der Waals surface area contributed by atoms with Gasteiger partial charge in [-0.25, -0.2) is 4.79 Å². The summed E-state index contributed by atoms with van der Waals surface area (Å²) < 4.78 is 7.64. The van der Waals surface area contributed by atoms with Crippen molar-refractivity contribution in [1.29, 1.82) is 0 Å². The average Bonchev–Trinajstić information content (AvgIpc) is 2.86. The molecule has 0 saturated heterocycles. The zero-order valence-corrected chi connectivity index (χ0v) is 10.7. The molecule has 2 rings (SSSR count). The molecule has 0 radical (unpaired) electrons. The van der Waals surface area contributed by atoms with Crippen molar-refractivity contribution in [2.75, 3.05) is 6.61 Å². The molecule has 0 fully saturated rings. The summed E-state index contributed by atoms with van der Waals surface area (Å²) in [5.41, 5.74) is 1.30. The normalized spacial score (nSPS) is 10.7. The number of fused-ring (bicyclic) bond motifs is 1. The van der Waals surface area contributed by atoms with Gasteiger partial charge >= 0.3 is 11.9 Å². The molecule has 96 valence electrons. The maximum Gasteiger partial charge on any atom is 0.355 e. The summed E-state index contributed by atoms with van der Waals surface area (Å²) in [5.74, 6) is -1.30. The molecule has 1 N–H and O–H groups in total. The largest absolute Gasteiger partial charge is 0.481 e. The van der Waals surface area contributed by atoms with Crippen molar-refractivity contribution in [2.24, 2.45) is 0 Å². The van der Waals surface area contributed by atoms with Gasteiger partial charge < -0.3 is 14.4 Å². The van der Waals surface area contributed by atoms with Crippen molar-refractivity contribution < 1.29 is 19.4 Å². The minimum atomic E-state index is -0.887. The van der Waals surface area contributed by atoms with E-state index >= 15 is 0 Å². The Hall–Kier alpha value is -1.82. The summed E-state index contributed by atoms with van der Waals surface area (Å²) in [6.45, 7) is 2.31. The number of rotatable bonds is 5. The maximum absolute atomic E-state index is 11.8. The predicted molar refractivity (Wildman–Crippen MR) is 68.0 cm³/mol. The minimum Gasteiger partial charge on any atom is -0.481 e. The molecule has 0 aliphatic rings. The van der Waals surface area contributed by atoms with Crippen LogP contribution in [0.2, 0.25) is 0 Å². The molecule has 0 spiro atoms. The van der Waals surface area contributed by atoms with Crippen molar-refractivity contribution >= 4 is 33.5 Å². The Labute approximate surface area is 108 Å². The smallest absolute Gasteiger partial charge is 0.355 e. The van der Waals surface area contributed by atoms with Crippen LogP contribution in [-0.4, -0.2) is 28.2 Å². The van der Waals surface area contributed by atoms with Gasteiger partial charge in [0.2, 0.25) is 0 Å². The molecule has 0 aromatic carbocycles. The number of carboxylic acid groups (broad SMARTS) is 1. The molecule has 0 atom stereocenters. The van der Waals surface area contributed by atoms with Crippen molar-refractivity contribution in [3.8, 4) is 0 Å². The third-order valence-corrected chi connectivity index (χ3v) is 3.41. The van der Waals surface area contributed by atoms with E-state index < -0.39 is 11.9 Å². The number of aryl methyl sites for hydroxylation is 1. The summed E-state index contributed by atoms with van der Waals surface area (Å²) in [6, 6.07) is 3.63. The Kier molecular flexibility index (Phi) is 3.66. The Bertz CT molecular complexity index is 584. The van der Waals surface area contributed by atoms with Gasteiger partial charge in [0, 0.05) is 6.54 Å². The van der Waals surface area contributed by atoms with E-state index in [4.69, 9.17) is 9.84 Å². The van der Waals surface area contributed by atoms with Crippen LogP contribution in [0.4, 0.5) is 0 Å². The highest BCUT2D eigenvalue weighted by atomic mass is 32.1. The number of thiophene rings is 1. The second-order valence-corrected chi connectivity index (χ2v) is 4.66. The number of nitrogens with zero attached hydrogens (tertiary/aromatic N) is 1. The lowest BCUT2D eigenvalue weighted by atomic mass is 10.4. The van der Waals surface area contributed by atoms with Crippen LogP contribution >= 0.6 is 11.3 Å². The molecule has 2 aromatic rings. The third kappa shape index (κ3) is 2.38. The van der Waals surface area contributed by atoms with Crippen molar-refractivity contribution in [1.82, 2.24) is 4.57 Å². The molecule has 0 aliphatic carbocycles. The zero-order chi connectivity index (χ0) is 13.1. The van der Waals surface area contributed by atoms with E-state index in [-0.39, 0.29) is 13.0 Å². The maximum atomic E-state index is 11.8. The molecule has 0 unspecified atom stereocenters. The molecule has 0 saturated carbocycles. The molecular weight excluding hydrogens is 254 g/mol. The third-order valence-electron chi connectivity index (χ3n) is 2.56. The standard InChI is InChI=1S/C12H13NO4S/c1-2-17-12(16)9-7-10-8(4-6-18-10)13(9)5-3-11(14)15/h4,6-7H,2-3,5H2,1H3,(H,14,15). The SMILES string of the molecule is CCOC(=O)c1cc2sccc2n1CCC(=O)O. The van der Waals surface area contributed by atoms with E-state index in [2.05, 4.69) is 0 Å². The first-order valence-electron chi connectivity index (χ1n) is 5.59. The van der Waals surface area contributed by atoms with Gasteiger partial charge in [0.15, 0.2) is 0 Å². The summed E-state index contributed by atoms with van der Waals surface area (Å²) in [5, 5.41) is 10.7. The van der Waals surface area contributed by atoms with E-state index in [1.807, 2.05) is 11.4 Å². The highest BCUT2D eigenvalue weighted by Crippen LogP contribution is 2.26. The molecule has 5 nitrogen and oxygen atoms in total. The predicted octanol–water partition coefficient (Wildman–Crippen LogP) is 2.35. The van der Waals surface area contributed by atoms with Crippen molar-refractivity contribution in [3.05, 3.63) is 23.2 Å². The Morgan fingerprint density at radius 2 is 2.28 bits per heavy atom. The van der Waals surface area contributed by atoms with E-state index in [1.165, 1.54) is 11.3 Å². The quantitative estimate of drug-likeness (QED) is 0.844. The Morgan fingerprint density at radius 3 is 2.94 bits per heavy atom. The lowest BCUT2D eigenvalue weighted by Crippen LogP contribution is -2.13. The van der Waals surface area contributed by atoms with Crippen molar-refractivity contribution in [2.45, 2.75) is 19.9 Å². The highest BCUT2D eigenvalue weighted by Gasteiger charge is 2.17. The Morgan fingerprint density at radius 1 is 1.50 bits per heavy atom. The van der Waals surface area contributed by atoms with Crippen LogP contribution in [0.1, 0.15) is 23.8 Å².